The van der Waals surface area contributed by atoms with Crippen molar-refractivity contribution >= 4 is 23.5 Å². The molecule has 1 saturated carbocycles. The van der Waals surface area contributed by atoms with E-state index in [0.29, 0.717) is 25.7 Å². The highest BCUT2D eigenvalue weighted by Gasteiger charge is 2.48. The number of carbonyl (C=O) groups excluding carboxylic acids is 2. The van der Waals surface area contributed by atoms with Crippen LogP contribution in [0.2, 0.25) is 5.02 Å². The first kappa shape index (κ1) is 28.7. The van der Waals surface area contributed by atoms with Crippen molar-refractivity contribution in [3.8, 4) is 0 Å². The molecule has 1 aromatic carbocycles. The van der Waals surface area contributed by atoms with Crippen LogP contribution in [0.1, 0.15) is 91.2 Å². The standard InChI is InChI=1S/C30H44ClNO4/c1-28(2,3)13-11-20-9-10-22(17-24(20)31)30(6)18-26(34)32(23-15-21(16-23)27(35)36-7)19-25(30)29(4,5)12-8-14-33/h9-10,17,19,21,23,33H,8,11-16,18H2,1-7H3/t21?,23?,30-/m0/s1. The van der Waals surface area contributed by atoms with Crippen LogP contribution in [0.5, 0.6) is 0 Å². The van der Waals surface area contributed by atoms with Crippen LogP contribution >= 0.6 is 11.6 Å². The van der Waals surface area contributed by atoms with Gasteiger partial charge < -0.3 is 14.7 Å². The SMILES string of the molecule is COC(=O)C1CC(N2C=C(C(C)(C)CCCO)[C@](C)(c3ccc(CCC(C)(C)C)c(Cl)c3)CC2=O)C1. The molecule has 1 aliphatic carbocycles. The van der Waals surface area contributed by atoms with Crippen molar-refractivity contribution in [3.63, 3.8) is 0 Å². The van der Waals surface area contributed by atoms with E-state index >= 15 is 0 Å². The number of nitrogens with zero attached hydrogens (tertiary/aromatic N) is 1. The molecule has 0 unspecified atom stereocenters. The molecule has 0 aromatic heterocycles. The third-order valence-corrected chi connectivity index (χ3v) is 8.57. The molecule has 36 heavy (non-hydrogen) atoms. The lowest BCUT2D eigenvalue weighted by Crippen LogP contribution is -2.52. The molecule has 0 radical (unpaired) electrons. The zero-order valence-electron chi connectivity index (χ0n) is 23.1. The minimum atomic E-state index is -0.510. The number of aryl methyl sites for hydroxylation is 1. The summed E-state index contributed by atoms with van der Waals surface area (Å²) in [5.41, 5.74) is 2.83. The Morgan fingerprint density at radius 2 is 1.86 bits per heavy atom. The number of benzene rings is 1. The highest BCUT2D eigenvalue weighted by molar-refractivity contribution is 6.31. The Morgan fingerprint density at radius 3 is 2.42 bits per heavy atom. The number of esters is 1. The lowest BCUT2D eigenvalue weighted by Gasteiger charge is -2.49. The molecular weight excluding hydrogens is 474 g/mol. The maximum atomic E-state index is 13.5. The van der Waals surface area contributed by atoms with Gasteiger partial charge in [0.1, 0.15) is 0 Å². The van der Waals surface area contributed by atoms with E-state index in [1.165, 1.54) is 12.7 Å². The third kappa shape index (κ3) is 6.16. The van der Waals surface area contributed by atoms with Crippen LogP contribution in [-0.4, -0.2) is 41.6 Å². The normalized spacial score (nSPS) is 24.9. The van der Waals surface area contributed by atoms with Crippen LogP contribution in [-0.2, 0) is 26.2 Å². The fraction of sp³-hybridized carbons (Fsp3) is 0.667. The van der Waals surface area contributed by atoms with Crippen molar-refractivity contribution in [2.75, 3.05) is 13.7 Å². The van der Waals surface area contributed by atoms with Crippen molar-refractivity contribution in [3.05, 3.63) is 46.1 Å². The maximum absolute atomic E-state index is 13.5. The zero-order chi connectivity index (χ0) is 26.9. The number of halogens is 1. The monoisotopic (exact) mass is 517 g/mol. The van der Waals surface area contributed by atoms with E-state index in [1.807, 2.05) is 11.1 Å². The number of ether oxygens (including phenoxy) is 1. The quantitative estimate of drug-likeness (QED) is 0.382. The van der Waals surface area contributed by atoms with Crippen LogP contribution in [0.4, 0.5) is 0 Å². The minimum absolute atomic E-state index is 0.0122. The average molecular weight is 518 g/mol. The van der Waals surface area contributed by atoms with Crippen LogP contribution in [0.15, 0.2) is 30.0 Å². The molecule has 1 amide bonds. The molecule has 3 rings (SSSR count). The molecule has 0 bridgehead atoms. The molecular formula is C30H44ClNO4. The van der Waals surface area contributed by atoms with E-state index in [0.717, 1.165) is 35.4 Å². The van der Waals surface area contributed by atoms with Gasteiger partial charge in [0.25, 0.3) is 0 Å². The molecule has 6 heteroatoms. The Hall–Kier alpha value is -1.85. The summed E-state index contributed by atoms with van der Waals surface area (Å²) >= 11 is 6.80. The van der Waals surface area contributed by atoms with Crippen LogP contribution in [0.25, 0.3) is 0 Å². The summed E-state index contributed by atoms with van der Waals surface area (Å²) in [6, 6.07) is 6.32. The van der Waals surface area contributed by atoms with E-state index in [1.54, 1.807) is 0 Å². The molecule has 5 nitrogen and oxygen atoms in total. The number of hydrogen-bond acceptors (Lipinski definition) is 4. The second kappa shape index (κ2) is 10.9. The van der Waals surface area contributed by atoms with E-state index in [2.05, 4.69) is 59.7 Å². The molecule has 1 fully saturated rings. The topological polar surface area (TPSA) is 66.8 Å². The smallest absolute Gasteiger partial charge is 0.308 e. The molecule has 0 spiro atoms. The largest absolute Gasteiger partial charge is 0.469 e. The van der Waals surface area contributed by atoms with Gasteiger partial charge in [0.2, 0.25) is 5.91 Å². The maximum Gasteiger partial charge on any atom is 0.308 e. The highest BCUT2D eigenvalue weighted by atomic mass is 35.5. The fourth-order valence-corrected chi connectivity index (χ4v) is 6.04. The summed E-state index contributed by atoms with van der Waals surface area (Å²) in [5.74, 6) is -0.269. The molecule has 1 atom stereocenters. The molecule has 1 N–H and O–H groups in total. The minimum Gasteiger partial charge on any atom is -0.469 e. The van der Waals surface area contributed by atoms with Crippen LogP contribution in [0.3, 0.4) is 0 Å². The fourth-order valence-electron chi connectivity index (χ4n) is 5.76. The summed E-state index contributed by atoms with van der Waals surface area (Å²) in [5, 5.41) is 10.3. The van der Waals surface area contributed by atoms with Gasteiger partial charge in [-0.2, -0.15) is 0 Å². The van der Waals surface area contributed by atoms with Crippen LogP contribution in [0, 0.1) is 16.7 Å². The second-order valence-corrected chi connectivity index (χ2v) is 13.2. The van der Waals surface area contributed by atoms with Gasteiger partial charge in [-0.1, -0.05) is 65.3 Å². The zero-order valence-corrected chi connectivity index (χ0v) is 23.9. The summed E-state index contributed by atoms with van der Waals surface area (Å²) in [4.78, 5) is 27.3. The van der Waals surface area contributed by atoms with Crippen molar-refractivity contribution in [1.82, 2.24) is 4.90 Å². The predicted molar refractivity (Wildman–Crippen MR) is 145 cm³/mol. The molecule has 1 aliphatic heterocycles. The number of aliphatic hydroxyl groups excluding tert-OH is 1. The van der Waals surface area contributed by atoms with E-state index in [-0.39, 0.29) is 41.3 Å². The summed E-state index contributed by atoms with van der Waals surface area (Å²) in [6.45, 7) is 13.4. The van der Waals surface area contributed by atoms with Gasteiger partial charge in [-0.15, -0.1) is 0 Å². The lowest BCUT2D eigenvalue weighted by atomic mass is 9.61. The first-order valence-corrected chi connectivity index (χ1v) is 13.6. The molecule has 1 aromatic rings. The summed E-state index contributed by atoms with van der Waals surface area (Å²) in [6.07, 6.45) is 7.11. The number of amides is 1. The Kier molecular flexibility index (Phi) is 8.67. The summed E-state index contributed by atoms with van der Waals surface area (Å²) < 4.78 is 4.89. The van der Waals surface area contributed by atoms with Crippen molar-refractivity contribution in [1.29, 1.82) is 0 Å². The second-order valence-electron chi connectivity index (χ2n) is 12.8. The number of carbonyl (C=O) groups is 2. The van der Waals surface area contributed by atoms with Crippen LogP contribution < -0.4 is 0 Å². The Morgan fingerprint density at radius 1 is 1.19 bits per heavy atom. The average Bonchev–Trinajstić information content (AvgIpc) is 2.76. The van der Waals surface area contributed by atoms with Crippen molar-refractivity contribution in [2.24, 2.45) is 16.7 Å². The van der Waals surface area contributed by atoms with Gasteiger partial charge in [0, 0.05) is 35.7 Å². The number of aliphatic hydroxyl groups is 1. The first-order chi connectivity index (χ1) is 16.7. The molecule has 1 heterocycles. The van der Waals surface area contributed by atoms with Gasteiger partial charge >= 0.3 is 5.97 Å². The van der Waals surface area contributed by atoms with Gasteiger partial charge in [0.15, 0.2) is 0 Å². The number of hydrogen-bond donors (Lipinski definition) is 1. The number of rotatable bonds is 9. The molecule has 2 aliphatic rings. The molecule has 0 saturated heterocycles. The Bertz CT molecular complexity index is 1000. The van der Waals surface area contributed by atoms with E-state index in [4.69, 9.17) is 16.3 Å². The third-order valence-electron chi connectivity index (χ3n) is 8.22. The number of allylic oxidation sites excluding steroid dienone is 1. The predicted octanol–water partition coefficient (Wildman–Crippen LogP) is 6.44. The molecule has 200 valence electrons. The van der Waals surface area contributed by atoms with Crippen molar-refractivity contribution < 1.29 is 19.4 Å². The summed E-state index contributed by atoms with van der Waals surface area (Å²) in [7, 11) is 1.41. The van der Waals surface area contributed by atoms with Gasteiger partial charge in [-0.25, -0.2) is 0 Å². The van der Waals surface area contributed by atoms with E-state index < -0.39 is 5.41 Å². The van der Waals surface area contributed by atoms with E-state index in [9.17, 15) is 14.7 Å². The first-order valence-electron chi connectivity index (χ1n) is 13.2. The Labute approximate surface area is 222 Å². The highest BCUT2D eigenvalue weighted by Crippen LogP contribution is 2.51. The van der Waals surface area contributed by atoms with Crippen molar-refractivity contribution in [2.45, 2.75) is 97.9 Å². The van der Waals surface area contributed by atoms with Gasteiger partial charge in [-0.3, -0.25) is 9.59 Å². The Balaban J connectivity index is 1.97. The van der Waals surface area contributed by atoms with Gasteiger partial charge in [0.05, 0.1) is 13.0 Å². The lowest BCUT2D eigenvalue weighted by molar-refractivity contribution is -0.153. The number of methoxy groups -OCH3 is 1. The van der Waals surface area contributed by atoms with Gasteiger partial charge in [-0.05, 0) is 72.1 Å².